The number of amides is 3. The van der Waals surface area contributed by atoms with Crippen molar-refractivity contribution in [1.82, 2.24) is 20.1 Å². The third-order valence-electron chi connectivity index (χ3n) is 9.08. The predicted octanol–water partition coefficient (Wildman–Crippen LogP) is 4.99. The molecule has 8 heteroatoms. The number of aryl methyl sites for hydroxylation is 2. The van der Waals surface area contributed by atoms with Crippen LogP contribution in [0.1, 0.15) is 22.3 Å². The maximum atomic E-state index is 14.5. The molecule has 4 aromatic rings. The number of carbonyl (C=O) groups is 2. The number of H-pyrrole nitrogens is 1. The van der Waals surface area contributed by atoms with Gasteiger partial charge in [-0.15, -0.1) is 0 Å². The molecule has 8 nitrogen and oxygen atoms in total. The van der Waals surface area contributed by atoms with E-state index in [4.69, 9.17) is 0 Å². The van der Waals surface area contributed by atoms with Crippen LogP contribution in [0.5, 0.6) is 0 Å². The Morgan fingerprint density at radius 3 is 2.48 bits per heavy atom. The van der Waals surface area contributed by atoms with Crippen LogP contribution in [0, 0.1) is 19.8 Å². The molecule has 44 heavy (non-hydrogen) atoms. The second-order valence-electron chi connectivity index (χ2n) is 12.7. The third kappa shape index (κ3) is 6.31. The molecule has 0 aliphatic carbocycles. The highest BCUT2D eigenvalue weighted by Gasteiger charge is 2.35. The van der Waals surface area contributed by atoms with Crippen molar-refractivity contribution in [2.75, 3.05) is 63.2 Å². The molecule has 2 aliphatic rings. The Kier molecular flexibility index (Phi) is 8.62. The Balaban J connectivity index is 1.23. The van der Waals surface area contributed by atoms with Crippen molar-refractivity contribution in [2.45, 2.75) is 32.7 Å². The van der Waals surface area contributed by atoms with Crippen LogP contribution in [-0.2, 0) is 17.6 Å². The molecule has 3 aromatic carbocycles. The minimum Gasteiger partial charge on any atom is -0.368 e. The summed E-state index contributed by atoms with van der Waals surface area (Å²) in [5, 5.41) is 4.27. The number of nitrogens with zero attached hydrogens (tertiary/aromatic N) is 4. The van der Waals surface area contributed by atoms with Gasteiger partial charge in [0.1, 0.15) is 6.04 Å². The first-order valence-electron chi connectivity index (χ1n) is 15.7. The van der Waals surface area contributed by atoms with E-state index in [1.807, 2.05) is 52.4 Å². The minimum absolute atomic E-state index is 0.0616. The lowest BCUT2D eigenvalue weighted by atomic mass is 9.91. The number of rotatable bonds is 7. The zero-order valence-electron chi connectivity index (χ0n) is 26.3. The van der Waals surface area contributed by atoms with E-state index in [-0.39, 0.29) is 11.9 Å². The fourth-order valence-electron chi connectivity index (χ4n) is 6.99. The van der Waals surface area contributed by atoms with Crippen LogP contribution in [0.25, 0.3) is 10.9 Å². The highest BCUT2D eigenvalue weighted by Crippen LogP contribution is 2.31. The number of fused-ring (bicyclic) bond motifs is 2. The second-order valence-corrected chi connectivity index (χ2v) is 12.7. The maximum Gasteiger partial charge on any atom is 0.318 e. The van der Waals surface area contributed by atoms with E-state index in [1.54, 1.807) is 0 Å². The lowest BCUT2D eigenvalue weighted by molar-refractivity contribution is -0.120. The van der Waals surface area contributed by atoms with Crippen molar-refractivity contribution in [3.63, 3.8) is 0 Å². The maximum absolute atomic E-state index is 14.5. The number of anilines is 2. The van der Waals surface area contributed by atoms with Crippen molar-refractivity contribution >= 4 is 34.2 Å². The summed E-state index contributed by atoms with van der Waals surface area (Å²) >= 11 is 0. The van der Waals surface area contributed by atoms with Crippen molar-refractivity contribution in [3.8, 4) is 0 Å². The topological polar surface area (TPSA) is 74.9 Å². The lowest BCUT2D eigenvalue weighted by Gasteiger charge is -2.39. The SMILES string of the molecule is Cc1ccc(N2CCN(C(=O)NC(Cc3c[nH]c4ccccc34)C(=O)N3CC(CN(C)C)Cc4ccccc43)CC2)c(C)c1. The molecule has 6 rings (SSSR count). The number of piperazine rings is 1. The van der Waals surface area contributed by atoms with Crippen molar-refractivity contribution in [3.05, 3.63) is 95.2 Å². The molecule has 2 N–H and O–H groups in total. The molecule has 0 spiro atoms. The molecule has 0 bridgehead atoms. The van der Waals surface area contributed by atoms with Gasteiger partial charge in [-0.05, 0) is 75.2 Å². The van der Waals surface area contributed by atoms with Gasteiger partial charge in [-0.25, -0.2) is 4.79 Å². The number of hydrogen-bond donors (Lipinski definition) is 2. The van der Waals surface area contributed by atoms with E-state index in [1.165, 1.54) is 22.4 Å². The molecule has 1 fully saturated rings. The van der Waals surface area contributed by atoms with E-state index >= 15 is 0 Å². The van der Waals surface area contributed by atoms with Gasteiger partial charge in [0.05, 0.1) is 0 Å². The first-order valence-corrected chi connectivity index (χ1v) is 15.7. The van der Waals surface area contributed by atoms with Gasteiger partial charge in [-0.3, -0.25) is 4.79 Å². The number of aromatic amines is 1. The van der Waals surface area contributed by atoms with E-state index in [0.29, 0.717) is 32.0 Å². The standard InChI is InChI=1S/C36H44N6O2/c1-25-13-14-33(26(2)19-25)40-15-17-41(18-16-40)36(44)38-32(21-29-22-37-31-11-7-6-10-30(29)31)35(43)42-24-27(23-39(3)4)20-28-9-5-8-12-34(28)42/h5-14,19,22,27,32,37H,15-18,20-21,23-24H2,1-4H3,(H,38,44). The molecule has 2 unspecified atom stereocenters. The molecule has 3 amide bonds. The fourth-order valence-corrected chi connectivity index (χ4v) is 6.99. The molecule has 3 heterocycles. The van der Waals surface area contributed by atoms with Crippen molar-refractivity contribution < 1.29 is 9.59 Å². The molecular formula is C36H44N6O2. The summed E-state index contributed by atoms with van der Waals surface area (Å²) in [7, 11) is 4.15. The Morgan fingerprint density at radius 2 is 1.70 bits per heavy atom. The van der Waals surface area contributed by atoms with Crippen LogP contribution >= 0.6 is 0 Å². The van der Waals surface area contributed by atoms with Crippen molar-refractivity contribution in [2.24, 2.45) is 5.92 Å². The number of hydrogen-bond acceptors (Lipinski definition) is 4. The molecular weight excluding hydrogens is 548 g/mol. The second kappa shape index (κ2) is 12.7. The van der Waals surface area contributed by atoms with Crippen LogP contribution < -0.4 is 15.1 Å². The molecule has 1 aromatic heterocycles. The van der Waals surface area contributed by atoms with Crippen LogP contribution in [0.2, 0.25) is 0 Å². The monoisotopic (exact) mass is 592 g/mol. The smallest absolute Gasteiger partial charge is 0.318 e. The van der Waals surface area contributed by atoms with E-state index in [0.717, 1.165) is 48.2 Å². The molecule has 2 aliphatic heterocycles. The summed E-state index contributed by atoms with van der Waals surface area (Å²) in [6.45, 7) is 8.48. The van der Waals surface area contributed by atoms with Gasteiger partial charge in [0, 0.05) is 74.2 Å². The van der Waals surface area contributed by atoms with E-state index in [9.17, 15) is 9.59 Å². The number of nitrogens with one attached hydrogen (secondary N) is 2. The van der Waals surface area contributed by atoms with Gasteiger partial charge < -0.3 is 29.9 Å². The summed E-state index contributed by atoms with van der Waals surface area (Å²) in [5.74, 6) is 0.250. The average Bonchev–Trinajstić information content (AvgIpc) is 3.42. The highest BCUT2D eigenvalue weighted by atomic mass is 16.2. The van der Waals surface area contributed by atoms with Gasteiger partial charge in [-0.1, -0.05) is 54.1 Å². The molecule has 0 radical (unpaired) electrons. The Bertz CT molecular complexity index is 1640. The summed E-state index contributed by atoms with van der Waals surface area (Å²) in [4.78, 5) is 40.0. The largest absolute Gasteiger partial charge is 0.368 e. The van der Waals surface area contributed by atoms with Gasteiger partial charge in [0.15, 0.2) is 0 Å². The number of carbonyl (C=O) groups excluding carboxylic acids is 2. The fraction of sp³-hybridized carbons (Fsp3) is 0.389. The molecule has 230 valence electrons. The van der Waals surface area contributed by atoms with Gasteiger partial charge in [-0.2, -0.15) is 0 Å². The van der Waals surface area contributed by atoms with Gasteiger partial charge >= 0.3 is 6.03 Å². The van der Waals surface area contributed by atoms with Gasteiger partial charge in [0.2, 0.25) is 5.91 Å². The van der Waals surface area contributed by atoms with Crippen LogP contribution in [-0.4, -0.2) is 86.1 Å². The van der Waals surface area contributed by atoms with E-state index < -0.39 is 6.04 Å². The molecule has 1 saturated heterocycles. The summed E-state index contributed by atoms with van der Waals surface area (Å²) in [6, 6.07) is 22.0. The van der Waals surface area contributed by atoms with Crippen LogP contribution in [0.15, 0.2) is 72.9 Å². The summed E-state index contributed by atoms with van der Waals surface area (Å²) in [5.41, 5.74) is 7.90. The zero-order valence-corrected chi connectivity index (χ0v) is 26.3. The summed E-state index contributed by atoms with van der Waals surface area (Å²) < 4.78 is 0. The predicted molar refractivity (Wildman–Crippen MR) is 179 cm³/mol. The summed E-state index contributed by atoms with van der Waals surface area (Å²) in [6.07, 6.45) is 3.31. The van der Waals surface area contributed by atoms with E-state index in [2.05, 4.69) is 78.4 Å². The average molecular weight is 593 g/mol. The minimum atomic E-state index is -0.703. The Hall–Kier alpha value is -4.30. The quantitative estimate of drug-likeness (QED) is 0.317. The zero-order chi connectivity index (χ0) is 30.8. The van der Waals surface area contributed by atoms with Crippen molar-refractivity contribution in [1.29, 1.82) is 0 Å². The van der Waals surface area contributed by atoms with Gasteiger partial charge in [0.25, 0.3) is 0 Å². The van der Waals surface area contributed by atoms with Crippen LogP contribution in [0.3, 0.4) is 0 Å². The normalized spacial score (nSPS) is 17.6. The van der Waals surface area contributed by atoms with Crippen LogP contribution in [0.4, 0.5) is 16.2 Å². The Labute approximate surface area is 260 Å². The number of para-hydroxylation sites is 2. The molecule has 0 saturated carbocycles. The highest BCUT2D eigenvalue weighted by molar-refractivity contribution is 6.00. The first-order chi connectivity index (χ1) is 21.3. The number of benzene rings is 3. The third-order valence-corrected chi connectivity index (χ3v) is 9.08. The lowest BCUT2D eigenvalue weighted by Crippen LogP contribution is -2.58. The first kappa shape index (κ1) is 29.8. The Morgan fingerprint density at radius 1 is 0.955 bits per heavy atom. The molecule has 2 atom stereocenters. The number of urea groups is 1. The number of aromatic nitrogens is 1.